The molecule has 0 saturated heterocycles. The number of esters is 1. The van der Waals surface area contributed by atoms with Gasteiger partial charge in [-0.2, -0.15) is 0 Å². The molecule has 0 aromatic carbocycles. The maximum atomic E-state index is 12.8. The molecule has 142 valence electrons. The molecular weight excluding hydrogens is 366 g/mol. The van der Waals surface area contributed by atoms with Crippen molar-refractivity contribution in [1.29, 1.82) is 0 Å². The van der Waals surface area contributed by atoms with Crippen molar-refractivity contribution in [2.24, 2.45) is 0 Å². The predicted octanol–water partition coefficient (Wildman–Crippen LogP) is 3.64. The molecule has 27 heavy (non-hydrogen) atoms. The molecule has 0 atom stereocenters. The molecule has 3 aromatic heterocycles. The molecule has 0 aliphatic carbocycles. The average molecular weight is 387 g/mol. The zero-order valence-electron chi connectivity index (χ0n) is 15.5. The van der Waals surface area contributed by atoms with E-state index in [0.29, 0.717) is 53.9 Å². The number of rotatable bonds is 7. The summed E-state index contributed by atoms with van der Waals surface area (Å²) in [5.41, 5.74) is 2.16. The van der Waals surface area contributed by atoms with Gasteiger partial charge in [0.15, 0.2) is 0 Å². The van der Waals surface area contributed by atoms with E-state index in [1.165, 1.54) is 7.11 Å². The number of aryl methyl sites for hydroxylation is 2. The van der Waals surface area contributed by atoms with E-state index in [2.05, 4.69) is 20.2 Å². The first-order valence-electron chi connectivity index (χ1n) is 8.68. The number of unbranched alkanes of at least 4 members (excludes halogenated alkanes) is 1. The lowest BCUT2D eigenvalue weighted by Gasteiger charge is -2.07. The number of pyridine rings is 1. The lowest BCUT2D eigenvalue weighted by molar-refractivity contribution is -0.140. The van der Waals surface area contributed by atoms with Gasteiger partial charge in [0.05, 0.1) is 34.3 Å². The van der Waals surface area contributed by atoms with Gasteiger partial charge in [-0.25, -0.2) is 4.98 Å². The Morgan fingerprint density at radius 2 is 2.07 bits per heavy atom. The van der Waals surface area contributed by atoms with Gasteiger partial charge >= 0.3 is 5.97 Å². The van der Waals surface area contributed by atoms with Crippen LogP contribution in [0.3, 0.4) is 0 Å². The fourth-order valence-electron chi connectivity index (χ4n) is 2.77. The van der Waals surface area contributed by atoms with Crippen LogP contribution in [0.4, 0.5) is 0 Å². The maximum Gasteiger partial charge on any atom is 0.305 e. The molecule has 8 heteroatoms. The zero-order chi connectivity index (χ0) is 19.4. The summed E-state index contributed by atoms with van der Waals surface area (Å²) in [7, 11) is 1.37. The van der Waals surface area contributed by atoms with Crippen LogP contribution in [0.15, 0.2) is 22.7 Å². The number of nitrogens with one attached hydrogen (secondary N) is 1. The second-order valence-electron chi connectivity index (χ2n) is 6.20. The van der Waals surface area contributed by atoms with Gasteiger partial charge in [-0.3, -0.25) is 9.59 Å². The van der Waals surface area contributed by atoms with Crippen molar-refractivity contribution in [1.82, 2.24) is 15.5 Å². The van der Waals surface area contributed by atoms with Crippen LogP contribution in [0.5, 0.6) is 0 Å². The molecule has 0 spiro atoms. The average Bonchev–Trinajstić information content (AvgIpc) is 3.26. The minimum atomic E-state index is -0.242. The lowest BCUT2D eigenvalue weighted by atomic mass is 10.1. The van der Waals surface area contributed by atoms with Crippen LogP contribution in [-0.4, -0.2) is 35.7 Å². The summed E-state index contributed by atoms with van der Waals surface area (Å²) < 4.78 is 9.91. The first kappa shape index (κ1) is 19.0. The number of ether oxygens (including phenoxy) is 1. The van der Waals surface area contributed by atoms with Crippen LogP contribution < -0.4 is 5.32 Å². The highest BCUT2D eigenvalue weighted by molar-refractivity contribution is 7.15. The summed E-state index contributed by atoms with van der Waals surface area (Å²) in [5, 5.41) is 7.47. The van der Waals surface area contributed by atoms with Crippen molar-refractivity contribution in [2.75, 3.05) is 13.7 Å². The summed E-state index contributed by atoms with van der Waals surface area (Å²) in [6, 6.07) is 5.77. The number of nitrogens with zero attached hydrogens (tertiary/aromatic N) is 2. The Morgan fingerprint density at radius 3 is 2.78 bits per heavy atom. The molecule has 7 nitrogen and oxygen atoms in total. The molecule has 0 aliphatic rings. The third kappa shape index (κ3) is 4.33. The van der Waals surface area contributed by atoms with E-state index in [9.17, 15) is 9.59 Å². The number of hydrogen-bond donors (Lipinski definition) is 1. The van der Waals surface area contributed by atoms with E-state index >= 15 is 0 Å². The third-order valence-electron chi connectivity index (χ3n) is 4.18. The van der Waals surface area contributed by atoms with E-state index < -0.39 is 0 Å². The molecule has 3 heterocycles. The van der Waals surface area contributed by atoms with Crippen LogP contribution >= 0.6 is 11.3 Å². The summed E-state index contributed by atoms with van der Waals surface area (Å²) in [4.78, 5) is 30.5. The van der Waals surface area contributed by atoms with Gasteiger partial charge in [0.25, 0.3) is 11.6 Å². The Morgan fingerprint density at radius 1 is 1.26 bits per heavy atom. The summed E-state index contributed by atoms with van der Waals surface area (Å²) >= 11 is 1.61. The quantitative estimate of drug-likeness (QED) is 0.491. The van der Waals surface area contributed by atoms with Crippen LogP contribution in [-0.2, 0) is 9.53 Å². The standard InChI is InChI=1S/C19H21N3O4S/c1-11-7-8-15(27-11)14-10-13(17-12(2)22-26-19(17)21-14)18(24)20-9-5-4-6-16(23)25-3/h7-8,10H,4-6,9H2,1-3H3,(H,20,24). The second-order valence-corrected chi connectivity index (χ2v) is 7.49. The zero-order valence-corrected chi connectivity index (χ0v) is 16.3. The number of hydrogen-bond acceptors (Lipinski definition) is 7. The molecule has 0 radical (unpaired) electrons. The Balaban J connectivity index is 1.78. The van der Waals surface area contributed by atoms with Gasteiger partial charge in [0.1, 0.15) is 0 Å². The molecule has 0 aliphatic heterocycles. The fraction of sp³-hybridized carbons (Fsp3) is 0.368. The van der Waals surface area contributed by atoms with Crippen molar-refractivity contribution >= 4 is 34.3 Å². The Bertz CT molecular complexity index is 977. The normalized spacial score (nSPS) is 10.9. The van der Waals surface area contributed by atoms with Gasteiger partial charge in [-0.15, -0.1) is 11.3 Å². The van der Waals surface area contributed by atoms with Gasteiger partial charge in [0, 0.05) is 17.8 Å². The number of aromatic nitrogens is 2. The van der Waals surface area contributed by atoms with Gasteiger partial charge in [-0.1, -0.05) is 5.16 Å². The minimum absolute atomic E-state index is 0.207. The highest BCUT2D eigenvalue weighted by Crippen LogP contribution is 2.30. The molecule has 1 amide bonds. The van der Waals surface area contributed by atoms with Crippen LogP contribution in [0.25, 0.3) is 21.7 Å². The lowest BCUT2D eigenvalue weighted by Crippen LogP contribution is -2.25. The second kappa shape index (κ2) is 8.30. The van der Waals surface area contributed by atoms with Crippen LogP contribution in [0, 0.1) is 13.8 Å². The molecule has 3 rings (SSSR count). The molecular formula is C19H21N3O4S. The highest BCUT2D eigenvalue weighted by Gasteiger charge is 2.19. The molecule has 0 bridgehead atoms. The predicted molar refractivity (Wildman–Crippen MR) is 103 cm³/mol. The van der Waals surface area contributed by atoms with Crippen LogP contribution in [0.2, 0.25) is 0 Å². The number of thiophene rings is 1. The smallest absolute Gasteiger partial charge is 0.305 e. The molecule has 0 fully saturated rings. The molecule has 0 saturated carbocycles. The van der Waals surface area contributed by atoms with Crippen molar-refractivity contribution in [2.45, 2.75) is 33.1 Å². The first-order valence-corrected chi connectivity index (χ1v) is 9.50. The van der Waals surface area contributed by atoms with E-state index in [4.69, 9.17) is 4.52 Å². The number of methoxy groups -OCH3 is 1. The SMILES string of the molecule is COC(=O)CCCCNC(=O)c1cc(-c2ccc(C)s2)nc2onc(C)c12. The van der Waals surface area contributed by atoms with Crippen molar-refractivity contribution in [3.63, 3.8) is 0 Å². The highest BCUT2D eigenvalue weighted by atomic mass is 32.1. The Hall–Kier alpha value is -2.74. The van der Waals surface area contributed by atoms with Crippen molar-refractivity contribution in [3.8, 4) is 10.6 Å². The van der Waals surface area contributed by atoms with E-state index in [-0.39, 0.29) is 11.9 Å². The van der Waals surface area contributed by atoms with E-state index in [1.807, 2.05) is 19.1 Å². The topological polar surface area (TPSA) is 94.3 Å². The van der Waals surface area contributed by atoms with Gasteiger partial charge in [0.2, 0.25) is 0 Å². The summed E-state index contributed by atoms with van der Waals surface area (Å²) in [5.74, 6) is -0.450. The monoisotopic (exact) mass is 387 g/mol. The largest absolute Gasteiger partial charge is 0.469 e. The molecule has 1 N–H and O–H groups in total. The van der Waals surface area contributed by atoms with E-state index in [1.54, 1.807) is 24.3 Å². The number of carbonyl (C=O) groups is 2. The van der Waals surface area contributed by atoms with Crippen LogP contribution in [0.1, 0.15) is 40.2 Å². The number of carbonyl (C=O) groups excluding carboxylic acids is 2. The Kier molecular flexibility index (Phi) is 5.85. The maximum absolute atomic E-state index is 12.8. The van der Waals surface area contributed by atoms with Gasteiger partial charge in [-0.05, 0) is 44.9 Å². The van der Waals surface area contributed by atoms with E-state index in [0.717, 1.165) is 9.75 Å². The number of amides is 1. The van der Waals surface area contributed by atoms with Gasteiger partial charge < -0.3 is 14.6 Å². The Labute approximate surface area is 160 Å². The summed E-state index contributed by atoms with van der Waals surface area (Å²) in [6.07, 6.45) is 1.69. The van der Waals surface area contributed by atoms with Crippen molar-refractivity contribution in [3.05, 3.63) is 34.3 Å². The number of fused-ring (bicyclic) bond motifs is 1. The molecule has 0 unspecified atom stereocenters. The molecule has 3 aromatic rings. The third-order valence-corrected chi connectivity index (χ3v) is 5.20. The summed E-state index contributed by atoms with van der Waals surface area (Å²) in [6.45, 7) is 4.28. The fourth-order valence-corrected chi connectivity index (χ4v) is 3.59. The van der Waals surface area contributed by atoms with Crippen molar-refractivity contribution < 1.29 is 18.8 Å². The minimum Gasteiger partial charge on any atom is -0.469 e. The first-order chi connectivity index (χ1) is 13.0.